The molecule has 0 saturated carbocycles. The Labute approximate surface area is 118 Å². The van der Waals surface area contributed by atoms with Crippen LogP contribution in [0.15, 0.2) is 42.0 Å². The maximum absolute atomic E-state index is 11.0. The summed E-state index contributed by atoms with van der Waals surface area (Å²) >= 11 is 1.53. The maximum Gasteiger partial charge on any atom is 0.274 e. The highest BCUT2D eigenvalue weighted by Gasteiger charge is 2.12. The quantitative estimate of drug-likeness (QED) is 0.588. The third-order valence-electron chi connectivity index (χ3n) is 2.90. The molecule has 0 aliphatic heterocycles. The molecule has 20 heavy (non-hydrogen) atoms. The van der Waals surface area contributed by atoms with Crippen molar-refractivity contribution in [1.82, 2.24) is 9.97 Å². The molecule has 0 fully saturated rings. The van der Waals surface area contributed by atoms with Crippen molar-refractivity contribution >= 4 is 33.1 Å². The average molecular weight is 286 g/mol. The van der Waals surface area contributed by atoms with Crippen molar-refractivity contribution in [1.29, 1.82) is 0 Å². The third kappa shape index (κ3) is 2.30. The van der Waals surface area contributed by atoms with Gasteiger partial charge >= 0.3 is 0 Å². The summed E-state index contributed by atoms with van der Waals surface area (Å²) in [5, 5.41) is 17.0. The van der Waals surface area contributed by atoms with E-state index >= 15 is 0 Å². The van der Waals surface area contributed by atoms with Gasteiger partial charge in [-0.3, -0.25) is 10.1 Å². The molecule has 0 aliphatic rings. The molecular formula is C13H10N4O2S. The number of rotatable bonds is 4. The predicted molar refractivity (Wildman–Crippen MR) is 77.8 cm³/mol. The fraction of sp³-hybridized carbons (Fsp3) is 0.0769. The van der Waals surface area contributed by atoms with E-state index in [4.69, 9.17) is 0 Å². The van der Waals surface area contributed by atoms with Gasteiger partial charge in [-0.1, -0.05) is 18.2 Å². The molecule has 0 radical (unpaired) electrons. The van der Waals surface area contributed by atoms with E-state index in [0.29, 0.717) is 17.9 Å². The number of thiophene rings is 1. The molecule has 2 heterocycles. The lowest BCUT2D eigenvalue weighted by Gasteiger charge is -2.06. The number of benzene rings is 1. The van der Waals surface area contributed by atoms with E-state index in [-0.39, 0.29) is 10.6 Å². The molecule has 0 amide bonds. The molecule has 7 heteroatoms. The number of aromatic nitrogens is 2. The summed E-state index contributed by atoms with van der Waals surface area (Å²) < 4.78 is 0. The summed E-state index contributed by atoms with van der Waals surface area (Å²) in [5.41, 5.74) is 0.732. The number of fused-ring (bicyclic) bond motifs is 1. The number of nitrogens with one attached hydrogen (secondary N) is 1. The second kappa shape index (κ2) is 5.22. The monoisotopic (exact) mass is 286 g/mol. The number of para-hydroxylation sites is 1. The summed E-state index contributed by atoms with van der Waals surface area (Å²) in [6.45, 7) is 0.346. The molecule has 1 N–H and O–H groups in total. The SMILES string of the molecule is O=[N+]([O-])c1ccccc1CNc1ncnc2sccc12. The third-order valence-corrected chi connectivity index (χ3v) is 3.72. The molecule has 3 rings (SSSR count). The number of nitro benzene ring substituents is 1. The number of nitrogens with zero attached hydrogens (tertiary/aromatic N) is 3. The second-order valence-electron chi connectivity index (χ2n) is 4.10. The van der Waals surface area contributed by atoms with Gasteiger partial charge in [-0.05, 0) is 11.4 Å². The van der Waals surface area contributed by atoms with Crippen molar-refractivity contribution in [3.8, 4) is 0 Å². The Morgan fingerprint density at radius 2 is 2.10 bits per heavy atom. The highest BCUT2D eigenvalue weighted by atomic mass is 32.1. The van der Waals surface area contributed by atoms with E-state index in [2.05, 4.69) is 15.3 Å². The minimum Gasteiger partial charge on any atom is -0.365 e. The highest BCUT2D eigenvalue weighted by Crippen LogP contribution is 2.25. The molecule has 100 valence electrons. The zero-order valence-corrected chi connectivity index (χ0v) is 11.1. The van der Waals surface area contributed by atoms with Crippen LogP contribution in [-0.4, -0.2) is 14.9 Å². The normalized spacial score (nSPS) is 10.6. The van der Waals surface area contributed by atoms with Gasteiger partial charge < -0.3 is 5.32 Å². The van der Waals surface area contributed by atoms with Gasteiger partial charge in [-0.15, -0.1) is 11.3 Å². The van der Waals surface area contributed by atoms with E-state index in [1.54, 1.807) is 18.2 Å². The van der Waals surface area contributed by atoms with Gasteiger partial charge in [0.25, 0.3) is 5.69 Å². The van der Waals surface area contributed by atoms with E-state index in [1.165, 1.54) is 23.7 Å². The Morgan fingerprint density at radius 1 is 1.25 bits per heavy atom. The molecule has 0 saturated heterocycles. The number of hydrogen-bond acceptors (Lipinski definition) is 6. The van der Waals surface area contributed by atoms with Gasteiger partial charge in [0.05, 0.1) is 10.3 Å². The van der Waals surface area contributed by atoms with Gasteiger partial charge in [0.1, 0.15) is 17.0 Å². The molecule has 0 unspecified atom stereocenters. The summed E-state index contributed by atoms with van der Waals surface area (Å²) in [6, 6.07) is 8.60. The largest absolute Gasteiger partial charge is 0.365 e. The van der Waals surface area contributed by atoms with Crippen molar-refractivity contribution in [3.05, 3.63) is 57.7 Å². The standard InChI is InChI=1S/C13H10N4O2S/c18-17(19)11-4-2-1-3-9(11)7-14-12-10-5-6-20-13(10)16-8-15-12/h1-6,8H,7H2,(H,14,15,16). The summed E-state index contributed by atoms with van der Waals surface area (Å²) in [7, 11) is 0. The van der Waals surface area contributed by atoms with E-state index in [0.717, 1.165) is 10.2 Å². The first kappa shape index (κ1) is 12.5. The minimum atomic E-state index is -0.378. The van der Waals surface area contributed by atoms with Crippen molar-refractivity contribution < 1.29 is 4.92 Å². The van der Waals surface area contributed by atoms with Gasteiger partial charge in [0.2, 0.25) is 0 Å². The zero-order chi connectivity index (χ0) is 13.9. The number of anilines is 1. The Morgan fingerprint density at radius 3 is 2.95 bits per heavy atom. The maximum atomic E-state index is 11.0. The van der Waals surface area contributed by atoms with E-state index in [1.807, 2.05) is 11.4 Å². The minimum absolute atomic E-state index is 0.107. The van der Waals surface area contributed by atoms with Crippen LogP contribution in [0.4, 0.5) is 11.5 Å². The Hall–Kier alpha value is -2.54. The number of hydrogen-bond donors (Lipinski definition) is 1. The van der Waals surface area contributed by atoms with Crippen molar-refractivity contribution in [2.75, 3.05) is 5.32 Å². The zero-order valence-electron chi connectivity index (χ0n) is 10.3. The lowest BCUT2D eigenvalue weighted by Crippen LogP contribution is -2.04. The van der Waals surface area contributed by atoms with Gasteiger partial charge in [-0.2, -0.15) is 0 Å². The molecule has 2 aromatic heterocycles. The lowest BCUT2D eigenvalue weighted by atomic mass is 10.2. The second-order valence-corrected chi connectivity index (χ2v) is 5.00. The van der Waals surface area contributed by atoms with Crippen LogP contribution in [0.3, 0.4) is 0 Å². The van der Waals surface area contributed by atoms with E-state index in [9.17, 15) is 10.1 Å². The van der Waals surface area contributed by atoms with Crippen LogP contribution in [-0.2, 0) is 6.54 Å². The van der Waals surface area contributed by atoms with Gasteiger partial charge in [0, 0.05) is 18.2 Å². The lowest BCUT2D eigenvalue weighted by molar-refractivity contribution is -0.385. The Kier molecular flexibility index (Phi) is 3.26. The smallest absolute Gasteiger partial charge is 0.274 e. The van der Waals surface area contributed by atoms with Crippen LogP contribution >= 0.6 is 11.3 Å². The summed E-state index contributed by atoms with van der Waals surface area (Å²) in [5.74, 6) is 0.689. The molecule has 0 spiro atoms. The van der Waals surface area contributed by atoms with E-state index < -0.39 is 0 Å². The van der Waals surface area contributed by atoms with Crippen molar-refractivity contribution in [3.63, 3.8) is 0 Å². The molecule has 0 bridgehead atoms. The first-order valence-corrected chi connectivity index (χ1v) is 6.78. The molecule has 0 atom stereocenters. The molecule has 3 aromatic rings. The van der Waals surface area contributed by atoms with Gasteiger partial charge in [-0.25, -0.2) is 9.97 Å². The number of nitro groups is 1. The molecule has 1 aromatic carbocycles. The topological polar surface area (TPSA) is 81.0 Å². The van der Waals surface area contributed by atoms with Gasteiger partial charge in [0.15, 0.2) is 0 Å². The Bertz CT molecular complexity index is 772. The van der Waals surface area contributed by atoms with Crippen molar-refractivity contribution in [2.45, 2.75) is 6.54 Å². The average Bonchev–Trinajstić information content (AvgIpc) is 2.94. The van der Waals surface area contributed by atoms with Crippen LogP contribution in [0.1, 0.15) is 5.56 Å². The molecular weight excluding hydrogens is 276 g/mol. The van der Waals surface area contributed by atoms with Crippen LogP contribution in [0.25, 0.3) is 10.2 Å². The van der Waals surface area contributed by atoms with Crippen LogP contribution in [0.2, 0.25) is 0 Å². The van der Waals surface area contributed by atoms with Crippen molar-refractivity contribution in [2.24, 2.45) is 0 Å². The first-order chi connectivity index (χ1) is 9.75. The Balaban J connectivity index is 1.87. The fourth-order valence-corrected chi connectivity index (χ4v) is 2.68. The predicted octanol–water partition coefficient (Wildman–Crippen LogP) is 3.21. The van der Waals surface area contributed by atoms with Crippen LogP contribution < -0.4 is 5.32 Å². The molecule has 0 aliphatic carbocycles. The van der Waals surface area contributed by atoms with Crippen LogP contribution in [0.5, 0.6) is 0 Å². The molecule has 6 nitrogen and oxygen atoms in total. The van der Waals surface area contributed by atoms with Crippen LogP contribution in [0, 0.1) is 10.1 Å². The summed E-state index contributed by atoms with van der Waals surface area (Å²) in [4.78, 5) is 19.8. The fourth-order valence-electron chi connectivity index (χ4n) is 1.95. The highest BCUT2D eigenvalue weighted by molar-refractivity contribution is 7.16. The summed E-state index contributed by atoms with van der Waals surface area (Å²) in [6.07, 6.45) is 1.49. The first-order valence-electron chi connectivity index (χ1n) is 5.90.